The summed E-state index contributed by atoms with van der Waals surface area (Å²) in [5, 5.41) is 12.9. The molecule has 0 spiro atoms. The zero-order chi connectivity index (χ0) is 24.9. The summed E-state index contributed by atoms with van der Waals surface area (Å²) >= 11 is 0. The van der Waals surface area contributed by atoms with Gasteiger partial charge in [-0.15, -0.1) is 5.11 Å². The lowest BCUT2D eigenvalue weighted by molar-refractivity contribution is -0.144. The van der Waals surface area contributed by atoms with Crippen molar-refractivity contribution >= 4 is 36.7 Å². The van der Waals surface area contributed by atoms with Gasteiger partial charge >= 0.3 is 6.18 Å². The molecule has 5 N–H and O–H groups in total. The van der Waals surface area contributed by atoms with E-state index >= 15 is 0 Å². The van der Waals surface area contributed by atoms with Gasteiger partial charge in [0, 0.05) is 12.1 Å². The van der Waals surface area contributed by atoms with Gasteiger partial charge in [-0.1, -0.05) is 18.2 Å². The van der Waals surface area contributed by atoms with Crippen LogP contribution in [0.1, 0.15) is 11.4 Å². The molecule has 0 atom stereocenters. The van der Waals surface area contributed by atoms with E-state index in [4.69, 9.17) is 10.9 Å². The molecule has 0 fully saturated rings. The smallest absolute Gasteiger partial charge is 0.334 e. The molecule has 1 aromatic heterocycles. The van der Waals surface area contributed by atoms with E-state index < -0.39 is 47.4 Å². The van der Waals surface area contributed by atoms with Crippen LogP contribution in [0.25, 0.3) is 22.2 Å². The van der Waals surface area contributed by atoms with Crippen LogP contribution in [-0.2, 0) is 26.0 Å². The molecule has 0 amide bonds. The number of alkyl halides is 3. The van der Waals surface area contributed by atoms with Crippen LogP contribution in [-0.4, -0.2) is 51.6 Å². The lowest BCUT2D eigenvalue weighted by Crippen LogP contribution is -2.24. The summed E-state index contributed by atoms with van der Waals surface area (Å²) in [4.78, 5) is 8.36. The highest BCUT2D eigenvalue weighted by molar-refractivity contribution is 7.93. The maximum absolute atomic E-state index is 13.2. The van der Waals surface area contributed by atoms with Gasteiger partial charge in [-0.3, -0.25) is 0 Å². The zero-order valence-corrected chi connectivity index (χ0v) is 18.7. The summed E-state index contributed by atoms with van der Waals surface area (Å²) < 4.78 is 90.7. The predicted molar refractivity (Wildman–Crippen MR) is 115 cm³/mol. The number of benzene rings is 2. The Hall–Kier alpha value is -3.21. The molecule has 0 radical (unpaired) electrons. The Balaban J connectivity index is 2.14. The van der Waals surface area contributed by atoms with Gasteiger partial charge in [0.15, 0.2) is 22.3 Å². The minimum atomic E-state index is -4.77. The van der Waals surface area contributed by atoms with Gasteiger partial charge in [0.1, 0.15) is 4.90 Å². The molecule has 1 aliphatic rings. The van der Waals surface area contributed by atoms with Crippen LogP contribution in [0.2, 0.25) is 0 Å². The van der Waals surface area contributed by atoms with E-state index in [9.17, 15) is 30.0 Å². The normalized spacial score (nSPS) is 14.7. The highest BCUT2D eigenvalue weighted by Gasteiger charge is 2.36. The fourth-order valence-corrected chi connectivity index (χ4v) is 6.30. The number of nitrogens with two attached hydrogens (primary N) is 2. The van der Waals surface area contributed by atoms with Crippen LogP contribution >= 0.6 is 0 Å². The van der Waals surface area contributed by atoms with E-state index in [1.54, 1.807) is 0 Å². The number of fused-ring (bicyclic) bond motifs is 1. The van der Waals surface area contributed by atoms with E-state index in [1.807, 2.05) is 0 Å². The minimum absolute atomic E-state index is 0.00106. The maximum atomic E-state index is 13.2. The summed E-state index contributed by atoms with van der Waals surface area (Å²) in [6.07, 6.45) is -4.77. The second-order valence-corrected chi connectivity index (χ2v) is 10.7. The van der Waals surface area contributed by atoms with Crippen LogP contribution in [0.15, 0.2) is 55.3 Å². The average Bonchev–Trinajstić information content (AvgIpc) is 3.41. The van der Waals surface area contributed by atoms with Crippen molar-refractivity contribution in [2.45, 2.75) is 16.0 Å². The number of azo groups is 1. The van der Waals surface area contributed by atoms with Crippen molar-refractivity contribution in [3.05, 3.63) is 41.7 Å². The van der Waals surface area contributed by atoms with Crippen molar-refractivity contribution in [1.82, 2.24) is 9.97 Å². The number of nitrogens with zero attached hydrogens (tertiary/aromatic N) is 4. The Bertz CT molecular complexity index is 1580. The number of nitrogens with one attached hydrogen (secondary N) is 1. The van der Waals surface area contributed by atoms with Crippen LogP contribution in [0.3, 0.4) is 0 Å². The third-order valence-corrected chi connectivity index (χ3v) is 7.78. The standard InChI is InChI=1S/C18H16F3N7O4S2/c19-18(20,21)17-26-11-3-1-2-10(14(11)27-17)9-4-5-12(33(29,30)7-6-22)15(34(23,31)32)13(9)16-24-8-25-28-16/h1-5H,6-8,22H2,(H,26,27)(H2,23,31,32). The predicted octanol–water partition coefficient (Wildman–Crippen LogP) is 1.80. The summed E-state index contributed by atoms with van der Waals surface area (Å²) in [7, 11) is -8.93. The lowest BCUT2D eigenvalue weighted by atomic mass is 9.97. The molecule has 4 rings (SSSR count). The average molecular weight is 515 g/mol. The van der Waals surface area contributed by atoms with E-state index in [0.717, 1.165) is 6.07 Å². The number of aliphatic imine (C=N–C) groups is 1. The van der Waals surface area contributed by atoms with Crippen molar-refractivity contribution < 1.29 is 30.0 Å². The second-order valence-electron chi connectivity index (χ2n) is 7.12. The molecule has 0 saturated heterocycles. The first-order valence-electron chi connectivity index (χ1n) is 9.46. The Labute approximate surface area is 190 Å². The third kappa shape index (κ3) is 4.20. The molecule has 2 aromatic carbocycles. The Kier molecular flexibility index (Phi) is 5.79. The molecular formula is C18H16F3N7O4S2. The Morgan fingerprint density at radius 2 is 1.79 bits per heavy atom. The van der Waals surface area contributed by atoms with E-state index in [0.29, 0.717) is 0 Å². The molecule has 180 valence electrons. The Morgan fingerprint density at radius 1 is 1.06 bits per heavy atom. The quantitative estimate of drug-likeness (QED) is 0.449. The van der Waals surface area contributed by atoms with Crippen molar-refractivity contribution in [3.63, 3.8) is 0 Å². The first-order chi connectivity index (χ1) is 15.8. The fourth-order valence-electron chi connectivity index (χ4n) is 3.54. The summed E-state index contributed by atoms with van der Waals surface area (Å²) in [6, 6.07) is 6.42. The summed E-state index contributed by atoms with van der Waals surface area (Å²) in [6.45, 7) is -0.458. The first-order valence-corrected chi connectivity index (χ1v) is 12.7. The van der Waals surface area contributed by atoms with E-state index in [-0.39, 0.29) is 46.8 Å². The summed E-state index contributed by atoms with van der Waals surface area (Å²) in [5.74, 6) is -2.08. The van der Waals surface area contributed by atoms with Crippen LogP contribution in [0, 0.1) is 0 Å². The molecule has 34 heavy (non-hydrogen) atoms. The number of aromatic amines is 1. The van der Waals surface area contributed by atoms with Gasteiger partial charge in [0.05, 0.1) is 27.2 Å². The number of imidazole rings is 1. The van der Waals surface area contributed by atoms with Crippen LogP contribution in [0.4, 0.5) is 13.2 Å². The van der Waals surface area contributed by atoms with Crippen LogP contribution < -0.4 is 10.9 Å². The Morgan fingerprint density at radius 3 is 2.38 bits per heavy atom. The number of sulfone groups is 1. The minimum Gasteiger partial charge on any atom is -0.334 e. The molecule has 11 nitrogen and oxygen atoms in total. The van der Waals surface area contributed by atoms with E-state index in [1.165, 1.54) is 24.3 Å². The molecular weight excluding hydrogens is 499 g/mol. The van der Waals surface area contributed by atoms with Crippen molar-refractivity contribution in [1.29, 1.82) is 0 Å². The number of primary sulfonamides is 1. The van der Waals surface area contributed by atoms with Crippen molar-refractivity contribution in [2.75, 3.05) is 19.0 Å². The molecule has 0 saturated carbocycles. The number of amidine groups is 1. The third-order valence-electron chi connectivity index (χ3n) is 4.87. The number of aromatic nitrogens is 2. The molecule has 0 aliphatic carbocycles. The summed E-state index contributed by atoms with van der Waals surface area (Å²) in [5.41, 5.74) is 5.01. The number of rotatable bonds is 6. The second kappa shape index (κ2) is 8.23. The zero-order valence-electron chi connectivity index (χ0n) is 17.0. The van der Waals surface area contributed by atoms with Crippen molar-refractivity contribution in [2.24, 2.45) is 26.1 Å². The number of hydrogen-bond donors (Lipinski definition) is 3. The number of halogens is 3. The lowest BCUT2D eigenvalue weighted by Gasteiger charge is -2.17. The maximum Gasteiger partial charge on any atom is 0.449 e. The number of hydrogen-bond acceptors (Lipinski definition) is 9. The first kappa shape index (κ1) is 23.9. The van der Waals surface area contributed by atoms with Gasteiger partial charge in [-0.05, 0) is 17.7 Å². The highest BCUT2D eigenvalue weighted by Crippen LogP contribution is 2.38. The molecule has 1 aliphatic heterocycles. The SMILES string of the molecule is NCCS(=O)(=O)c1ccc(-c2cccc3[nH]c(C(F)(F)F)nc23)c(C2=NCN=N2)c1S(N)(=O)=O. The fraction of sp³-hybridized carbons (Fsp3) is 0.222. The number of sulfonamides is 1. The topological polar surface area (TPSA) is 186 Å². The van der Waals surface area contributed by atoms with Crippen LogP contribution in [0.5, 0.6) is 0 Å². The van der Waals surface area contributed by atoms with Gasteiger partial charge in [0.2, 0.25) is 15.8 Å². The van der Waals surface area contributed by atoms with Gasteiger partial charge < -0.3 is 10.7 Å². The van der Waals surface area contributed by atoms with Crippen molar-refractivity contribution in [3.8, 4) is 11.1 Å². The number of H-pyrrole nitrogens is 1. The molecule has 3 aromatic rings. The van der Waals surface area contributed by atoms with Gasteiger partial charge in [-0.25, -0.2) is 32.0 Å². The molecule has 0 unspecified atom stereocenters. The largest absolute Gasteiger partial charge is 0.449 e. The highest BCUT2D eigenvalue weighted by atomic mass is 32.2. The monoisotopic (exact) mass is 515 g/mol. The molecule has 2 heterocycles. The molecule has 16 heteroatoms. The molecule has 0 bridgehead atoms. The number of para-hydroxylation sites is 1. The van der Waals surface area contributed by atoms with E-state index in [2.05, 4.69) is 25.2 Å². The van der Waals surface area contributed by atoms with Gasteiger partial charge in [-0.2, -0.15) is 18.3 Å². The van der Waals surface area contributed by atoms with Gasteiger partial charge in [0.25, 0.3) is 0 Å².